The van der Waals surface area contributed by atoms with Crippen LogP contribution in [0.15, 0.2) is 27.6 Å². The third kappa shape index (κ3) is 3.00. The van der Waals surface area contributed by atoms with Gasteiger partial charge in [0.15, 0.2) is 0 Å². The summed E-state index contributed by atoms with van der Waals surface area (Å²) in [5, 5.41) is 0. The van der Waals surface area contributed by atoms with E-state index in [1.807, 2.05) is 6.92 Å². The molecule has 0 aliphatic carbocycles. The van der Waals surface area contributed by atoms with Crippen LogP contribution in [-0.4, -0.2) is 38.5 Å². The molecule has 1 fully saturated rings. The Bertz CT molecular complexity index is 606. The SMILES string of the molecule is COC1(C)CCCN(S(=O)(=O)c2ccc(Br)cc2N)C1. The second-order valence-corrected chi connectivity index (χ2v) is 8.10. The van der Waals surface area contributed by atoms with E-state index >= 15 is 0 Å². The first-order valence-corrected chi connectivity index (χ1v) is 8.62. The molecule has 0 amide bonds. The second-order valence-electron chi connectivity index (χ2n) is 5.28. The first kappa shape index (κ1) is 15.8. The molecule has 0 aromatic heterocycles. The predicted molar refractivity (Wildman–Crippen MR) is 82.0 cm³/mol. The fraction of sp³-hybridized carbons (Fsp3) is 0.538. The van der Waals surface area contributed by atoms with Crippen LogP contribution in [0.3, 0.4) is 0 Å². The summed E-state index contributed by atoms with van der Waals surface area (Å²) in [6.45, 7) is 2.78. The fourth-order valence-electron chi connectivity index (χ4n) is 2.43. The summed E-state index contributed by atoms with van der Waals surface area (Å²) >= 11 is 3.28. The molecule has 2 rings (SSSR count). The minimum atomic E-state index is -3.58. The Morgan fingerprint density at radius 1 is 1.45 bits per heavy atom. The standard InChI is InChI=1S/C13H19BrN2O3S/c1-13(19-2)6-3-7-16(9-13)20(17,18)12-5-4-10(14)8-11(12)15/h4-5,8H,3,6-7,9,15H2,1-2H3. The summed E-state index contributed by atoms with van der Waals surface area (Å²) < 4.78 is 33.1. The van der Waals surface area contributed by atoms with Crippen molar-refractivity contribution in [1.29, 1.82) is 0 Å². The third-order valence-electron chi connectivity index (χ3n) is 3.71. The molecule has 5 nitrogen and oxygen atoms in total. The van der Waals surface area contributed by atoms with Crippen LogP contribution in [0.2, 0.25) is 0 Å². The first-order chi connectivity index (χ1) is 9.28. The first-order valence-electron chi connectivity index (χ1n) is 6.39. The van der Waals surface area contributed by atoms with Crippen LogP contribution in [0.25, 0.3) is 0 Å². The molecule has 1 atom stereocenters. The summed E-state index contributed by atoms with van der Waals surface area (Å²) in [5.41, 5.74) is 5.67. The van der Waals surface area contributed by atoms with Crippen LogP contribution < -0.4 is 5.73 Å². The van der Waals surface area contributed by atoms with Gasteiger partial charge in [-0.15, -0.1) is 0 Å². The van der Waals surface area contributed by atoms with Gasteiger partial charge in [-0.3, -0.25) is 0 Å². The van der Waals surface area contributed by atoms with Crippen molar-refractivity contribution >= 4 is 31.6 Å². The molecule has 20 heavy (non-hydrogen) atoms. The van der Waals surface area contributed by atoms with Gasteiger partial charge < -0.3 is 10.5 Å². The van der Waals surface area contributed by atoms with E-state index < -0.39 is 15.6 Å². The van der Waals surface area contributed by atoms with Crippen molar-refractivity contribution in [1.82, 2.24) is 4.31 Å². The maximum absolute atomic E-state index is 12.7. The number of rotatable bonds is 3. The Morgan fingerprint density at radius 2 is 2.15 bits per heavy atom. The van der Waals surface area contributed by atoms with E-state index in [9.17, 15) is 8.42 Å². The number of piperidine rings is 1. The number of benzene rings is 1. The maximum Gasteiger partial charge on any atom is 0.245 e. The number of hydrogen-bond acceptors (Lipinski definition) is 4. The Kier molecular flexibility index (Phi) is 4.44. The number of halogens is 1. The minimum absolute atomic E-state index is 0.154. The quantitative estimate of drug-likeness (QED) is 0.836. The van der Waals surface area contributed by atoms with Crippen LogP contribution >= 0.6 is 15.9 Å². The Labute approximate surface area is 128 Å². The fourth-order valence-corrected chi connectivity index (χ4v) is 4.49. The molecule has 1 aromatic rings. The number of ether oxygens (including phenoxy) is 1. The van der Waals surface area contributed by atoms with Gasteiger partial charge in [-0.25, -0.2) is 8.42 Å². The van der Waals surface area contributed by atoms with Crippen molar-refractivity contribution in [2.24, 2.45) is 0 Å². The lowest BCUT2D eigenvalue weighted by atomic mass is 9.96. The van der Waals surface area contributed by atoms with Crippen molar-refractivity contribution in [2.75, 3.05) is 25.9 Å². The van der Waals surface area contributed by atoms with Gasteiger partial charge in [0, 0.05) is 24.7 Å². The van der Waals surface area contributed by atoms with Crippen LogP contribution in [0, 0.1) is 0 Å². The molecule has 1 aliphatic rings. The van der Waals surface area contributed by atoms with Gasteiger partial charge in [0.1, 0.15) is 4.90 Å². The molecular weight excluding hydrogens is 344 g/mol. The summed E-state index contributed by atoms with van der Waals surface area (Å²) in [4.78, 5) is 0.154. The summed E-state index contributed by atoms with van der Waals surface area (Å²) in [6, 6.07) is 4.82. The molecule has 1 aliphatic heterocycles. The molecule has 1 saturated heterocycles. The highest BCUT2D eigenvalue weighted by atomic mass is 79.9. The van der Waals surface area contributed by atoms with E-state index in [0.717, 1.165) is 17.3 Å². The van der Waals surface area contributed by atoms with Crippen molar-refractivity contribution in [3.63, 3.8) is 0 Å². The van der Waals surface area contributed by atoms with Crippen LogP contribution in [0.4, 0.5) is 5.69 Å². The molecule has 0 radical (unpaired) electrons. The maximum atomic E-state index is 12.7. The molecule has 0 bridgehead atoms. The number of sulfonamides is 1. The Morgan fingerprint density at radius 3 is 2.75 bits per heavy atom. The Hall–Kier alpha value is -0.630. The van der Waals surface area contributed by atoms with Crippen LogP contribution in [0.1, 0.15) is 19.8 Å². The van der Waals surface area contributed by atoms with Crippen LogP contribution in [-0.2, 0) is 14.8 Å². The van der Waals surface area contributed by atoms with E-state index in [-0.39, 0.29) is 10.6 Å². The molecule has 1 heterocycles. The molecule has 2 N–H and O–H groups in total. The van der Waals surface area contributed by atoms with Crippen molar-refractivity contribution in [3.8, 4) is 0 Å². The largest absolute Gasteiger partial charge is 0.398 e. The lowest BCUT2D eigenvalue weighted by Gasteiger charge is -2.38. The molecule has 112 valence electrons. The molecule has 7 heteroatoms. The van der Waals surface area contributed by atoms with E-state index in [0.29, 0.717) is 13.1 Å². The van der Waals surface area contributed by atoms with E-state index in [1.54, 1.807) is 19.2 Å². The Balaban J connectivity index is 2.35. The lowest BCUT2D eigenvalue weighted by molar-refractivity contribution is -0.0319. The summed E-state index contributed by atoms with van der Waals surface area (Å²) in [7, 11) is -1.97. The molecule has 1 aromatic carbocycles. The second kappa shape index (κ2) is 5.63. The number of methoxy groups -OCH3 is 1. The highest BCUT2D eigenvalue weighted by Crippen LogP contribution is 2.31. The third-order valence-corrected chi connectivity index (χ3v) is 6.12. The highest BCUT2D eigenvalue weighted by Gasteiger charge is 2.37. The predicted octanol–water partition coefficient (Wildman–Crippen LogP) is 2.22. The number of nitrogens with zero attached hydrogens (tertiary/aromatic N) is 1. The molecule has 1 unspecified atom stereocenters. The van der Waals surface area contributed by atoms with Crippen molar-refractivity contribution < 1.29 is 13.2 Å². The zero-order valence-corrected chi connectivity index (χ0v) is 14.0. The zero-order valence-electron chi connectivity index (χ0n) is 11.6. The average Bonchev–Trinajstić information content (AvgIpc) is 2.38. The van der Waals surface area contributed by atoms with Gasteiger partial charge in [-0.1, -0.05) is 15.9 Å². The van der Waals surface area contributed by atoms with Gasteiger partial charge in [-0.2, -0.15) is 4.31 Å². The van der Waals surface area contributed by atoms with Gasteiger partial charge in [-0.05, 0) is 38.0 Å². The zero-order chi connectivity index (χ0) is 15.0. The van der Waals surface area contributed by atoms with E-state index in [2.05, 4.69) is 15.9 Å². The molecule has 0 spiro atoms. The number of anilines is 1. The highest BCUT2D eigenvalue weighted by molar-refractivity contribution is 9.10. The van der Waals surface area contributed by atoms with Gasteiger partial charge in [0.05, 0.1) is 11.3 Å². The molecular formula is C13H19BrN2O3S. The number of nitrogens with two attached hydrogens (primary N) is 1. The van der Waals surface area contributed by atoms with E-state index in [4.69, 9.17) is 10.5 Å². The van der Waals surface area contributed by atoms with Gasteiger partial charge in [0.25, 0.3) is 0 Å². The minimum Gasteiger partial charge on any atom is -0.398 e. The van der Waals surface area contributed by atoms with Crippen LogP contribution in [0.5, 0.6) is 0 Å². The number of nitrogen functional groups attached to an aromatic ring is 1. The van der Waals surface area contributed by atoms with Gasteiger partial charge >= 0.3 is 0 Å². The smallest absolute Gasteiger partial charge is 0.245 e. The molecule has 0 saturated carbocycles. The topological polar surface area (TPSA) is 72.6 Å². The monoisotopic (exact) mass is 362 g/mol. The average molecular weight is 363 g/mol. The summed E-state index contributed by atoms with van der Waals surface area (Å²) in [6.07, 6.45) is 1.63. The lowest BCUT2D eigenvalue weighted by Crippen LogP contribution is -2.49. The van der Waals surface area contributed by atoms with Crippen molar-refractivity contribution in [2.45, 2.75) is 30.3 Å². The van der Waals surface area contributed by atoms with Crippen molar-refractivity contribution in [3.05, 3.63) is 22.7 Å². The van der Waals surface area contributed by atoms with Gasteiger partial charge in [0.2, 0.25) is 10.0 Å². The number of hydrogen-bond donors (Lipinski definition) is 1. The van der Waals surface area contributed by atoms with E-state index in [1.165, 1.54) is 10.4 Å². The summed E-state index contributed by atoms with van der Waals surface area (Å²) in [5.74, 6) is 0. The normalized spacial score (nSPS) is 24.8.